The molecule has 1 saturated heterocycles. The second-order valence-corrected chi connectivity index (χ2v) is 5.63. The van der Waals surface area contributed by atoms with Crippen LogP contribution in [0.4, 0.5) is 18.9 Å². The van der Waals surface area contributed by atoms with Crippen LogP contribution in [0.15, 0.2) is 18.2 Å². The number of nitrogens with zero attached hydrogens (tertiary/aromatic N) is 1. The second-order valence-electron chi connectivity index (χ2n) is 5.07. The van der Waals surface area contributed by atoms with Crippen LogP contribution in [0.1, 0.15) is 24.0 Å². The number of alkyl halides is 4. The molecule has 106 valence electrons. The molecule has 1 aromatic rings. The molecule has 0 atom stereocenters. The van der Waals surface area contributed by atoms with E-state index in [1.165, 1.54) is 5.56 Å². The molecule has 1 heterocycles. The number of hydrogen-bond acceptors (Lipinski definition) is 1. The van der Waals surface area contributed by atoms with Gasteiger partial charge in [-0.15, -0.1) is 0 Å². The van der Waals surface area contributed by atoms with Gasteiger partial charge in [0.2, 0.25) is 0 Å². The van der Waals surface area contributed by atoms with Crippen LogP contribution in [0.25, 0.3) is 0 Å². The van der Waals surface area contributed by atoms with E-state index in [1.807, 2.05) is 19.1 Å². The molecule has 1 aliphatic heterocycles. The fraction of sp³-hybridized carbons (Fsp3) is 0.571. The molecule has 0 bridgehead atoms. The molecule has 0 saturated carbocycles. The summed E-state index contributed by atoms with van der Waals surface area (Å²) in [4.78, 5) is 2.07. The topological polar surface area (TPSA) is 3.24 Å². The van der Waals surface area contributed by atoms with Gasteiger partial charge in [0.1, 0.15) is 0 Å². The number of hydrogen-bond donors (Lipinski definition) is 0. The standard InChI is InChI=1S/C14H17BrF3N/c1-10-2-3-13(11(8-10)9-15)19-6-4-12(5-7-19)14(16,17)18/h2-3,8,12H,4-7,9H2,1H3. The highest BCUT2D eigenvalue weighted by molar-refractivity contribution is 9.08. The Labute approximate surface area is 119 Å². The van der Waals surface area contributed by atoms with Crippen LogP contribution in [0.5, 0.6) is 0 Å². The number of anilines is 1. The summed E-state index contributed by atoms with van der Waals surface area (Å²) in [6, 6.07) is 6.11. The van der Waals surface area contributed by atoms with Gasteiger partial charge in [0, 0.05) is 24.1 Å². The Morgan fingerprint density at radius 2 is 1.89 bits per heavy atom. The smallest absolute Gasteiger partial charge is 0.371 e. The van der Waals surface area contributed by atoms with Gasteiger partial charge in [-0.1, -0.05) is 33.6 Å². The minimum absolute atomic E-state index is 0.194. The summed E-state index contributed by atoms with van der Waals surface area (Å²) >= 11 is 3.45. The van der Waals surface area contributed by atoms with Crippen LogP contribution >= 0.6 is 15.9 Å². The Morgan fingerprint density at radius 3 is 2.42 bits per heavy atom. The van der Waals surface area contributed by atoms with Crippen LogP contribution in [0.3, 0.4) is 0 Å². The van der Waals surface area contributed by atoms with Crippen molar-refractivity contribution in [2.24, 2.45) is 5.92 Å². The third-order valence-electron chi connectivity index (χ3n) is 3.68. The van der Waals surface area contributed by atoms with E-state index < -0.39 is 12.1 Å². The molecule has 0 aromatic heterocycles. The Bertz CT molecular complexity index is 437. The Morgan fingerprint density at radius 1 is 1.26 bits per heavy atom. The van der Waals surface area contributed by atoms with E-state index in [-0.39, 0.29) is 12.8 Å². The molecular formula is C14H17BrF3N. The normalized spacial score (nSPS) is 17.8. The molecule has 5 heteroatoms. The Balaban J connectivity index is 2.10. The van der Waals surface area contributed by atoms with Crippen LogP contribution in [0.2, 0.25) is 0 Å². The summed E-state index contributed by atoms with van der Waals surface area (Å²) < 4.78 is 37.9. The number of rotatable bonds is 2. The SMILES string of the molecule is Cc1ccc(N2CCC(C(F)(F)F)CC2)c(CBr)c1. The maximum Gasteiger partial charge on any atom is 0.391 e. The van der Waals surface area contributed by atoms with E-state index in [9.17, 15) is 13.2 Å². The molecule has 0 radical (unpaired) electrons. The zero-order valence-corrected chi connectivity index (χ0v) is 12.4. The molecule has 2 rings (SSSR count). The number of piperidine rings is 1. The monoisotopic (exact) mass is 335 g/mol. The fourth-order valence-electron chi connectivity index (χ4n) is 2.58. The van der Waals surface area contributed by atoms with E-state index in [4.69, 9.17) is 0 Å². The highest BCUT2D eigenvalue weighted by atomic mass is 79.9. The van der Waals surface area contributed by atoms with Gasteiger partial charge >= 0.3 is 6.18 Å². The van der Waals surface area contributed by atoms with Crippen molar-refractivity contribution < 1.29 is 13.2 Å². The molecule has 1 aliphatic rings. The van der Waals surface area contributed by atoms with Crippen LogP contribution in [0, 0.1) is 12.8 Å². The lowest BCUT2D eigenvalue weighted by atomic mass is 9.95. The van der Waals surface area contributed by atoms with Gasteiger partial charge in [0.05, 0.1) is 5.92 Å². The Hall–Kier alpha value is -0.710. The molecule has 1 fully saturated rings. The van der Waals surface area contributed by atoms with Crippen molar-refractivity contribution in [3.8, 4) is 0 Å². The predicted molar refractivity (Wildman–Crippen MR) is 74.8 cm³/mol. The lowest BCUT2D eigenvalue weighted by molar-refractivity contribution is -0.179. The van der Waals surface area contributed by atoms with Crippen molar-refractivity contribution in [1.29, 1.82) is 0 Å². The van der Waals surface area contributed by atoms with Crippen molar-refractivity contribution in [2.75, 3.05) is 18.0 Å². The number of halogens is 4. The van der Waals surface area contributed by atoms with E-state index in [0.29, 0.717) is 13.1 Å². The summed E-state index contributed by atoms with van der Waals surface area (Å²) in [6.45, 7) is 2.98. The van der Waals surface area contributed by atoms with Gasteiger partial charge in [0.25, 0.3) is 0 Å². The highest BCUT2D eigenvalue weighted by Gasteiger charge is 2.41. The molecule has 19 heavy (non-hydrogen) atoms. The van der Waals surface area contributed by atoms with Gasteiger partial charge in [0.15, 0.2) is 0 Å². The van der Waals surface area contributed by atoms with Gasteiger partial charge in [-0.2, -0.15) is 13.2 Å². The first-order chi connectivity index (χ1) is 8.91. The lowest BCUT2D eigenvalue weighted by Gasteiger charge is -2.35. The summed E-state index contributed by atoms with van der Waals surface area (Å²) in [7, 11) is 0. The van der Waals surface area contributed by atoms with E-state index in [2.05, 4.69) is 26.9 Å². The van der Waals surface area contributed by atoms with Gasteiger partial charge in [-0.05, 0) is 31.4 Å². The Kier molecular flexibility index (Phi) is 4.43. The fourth-order valence-corrected chi connectivity index (χ4v) is 3.03. The maximum atomic E-state index is 12.6. The molecule has 1 nitrogen and oxygen atoms in total. The first kappa shape index (κ1) is 14.7. The van der Waals surface area contributed by atoms with Crippen molar-refractivity contribution >= 4 is 21.6 Å². The summed E-state index contributed by atoms with van der Waals surface area (Å²) in [5, 5.41) is 0.725. The highest BCUT2D eigenvalue weighted by Crippen LogP contribution is 2.36. The van der Waals surface area contributed by atoms with E-state index in [0.717, 1.165) is 16.6 Å². The number of aryl methyl sites for hydroxylation is 1. The third-order valence-corrected chi connectivity index (χ3v) is 4.28. The van der Waals surface area contributed by atoms with E-state index >= 15 is 0 Å². The predicted octanol–water partition coefficient (Wildman–Crippen LogP) is 4.67. The molecule has 0 spiro atoms. The largest absolute Gasteiger partial charge is 0.391 e. The van der Waals surface area contributed by atoms with Crippen molar-refractivity contribution in [3.05, 3.63) is 29.3 Å². The zero-order valence-electron chi connectivity index (χ0n) is 10.8. The minimum Gasteiger partial charge on any atom is -0.371 e. The quantitative estimate of drug-likeness (QED) is 0.710. The summed E-state index contributed by atoms with van der Waals surface area (Å²) in [6.07, 6.45) is -3.66. The molecule has 0 aliphatic carbocycles. The molecular weight excluding hydrogens is 319 g/mol. The van der Waals surface area contributed by atoms with Gasteiger partial charge in [-0.25, -0.2) is 0 Å². The van der Waals surface area contributed by atoms with Crippen molar-refractivity contribution in [1.82, 2.24) is 0 Å². The van der Waals surface area contributed by atoms with Crippen LogP contribution in [-0.4, -0.2) is 19.3 Å². The molecule has 0 amide bonds. The van der Waals surface area contributed by atoms with Crippen LogP contribution in [-0.2, 0) is 5.33 Å². The molecule has 1 aromatic carbocycles. The summed E-state index contributed by atoms with van der Waals surface area (Å²) in [5.74, 6) is -1.14. The van der Waals surface area contributed by atoms with Crippen molar-refractivity contribution in [3.63, 3.8) is 0 Å². The summed E-state index contributed by atoms with van der Waals surface area (Å²) in [5.41, 5.74) is 3.37. The second kappa shape index (κ2) is 5.73. The minimum atomic E-state index is -4.04. The third kappa shape index (κ3) is 3.44. The average Bonchev–Trinajstić information content (AvgIpc) is 2.37. The van der Waals surface area contributed by atoms with E-state index in [1.54, 1.807) is 0 Å². The first-order valence-corrected chi connectivity index (χ1v) is 7.51. The van der Waals surface area contributed by atoms with Crippen molar-refractivity contribution in [2.45, 2.75) is 31.3 Å². The molecule has 0 unspecified atom stereocenters. The average molecular weight is 336 g/mol. The lowest BCUT2D eigenvalue weighted by Crippen LogP contribution is -2.39. The van der Waals surface area contributed by atoms with Crippen LogP contribution < -0.4 is 4.90 Å². The molecule has 0 N–H and O–H groups in total. The maximum absolute atomic E-state index is 12.6. The van der Waals surface area contributed by atoms with Gasteiger partial charge < -0.3 is 4.90 Å². The van der Waals surface area contributed by atoms with Gasteiger partial charge in [-0.3, -0.25) is 0 Å². The number of benzene rings is 1. The zero-order chi connectivity index (χ0) is 14.0. The first-order valence-electron chi connectivity index (χ1n) is 6.39.